The average molecular weight is 438 g/mol. The van der Waals surface area contributed by atoms with E-state index >= 15 is 0 Å². The summed E-state index contributed by atoms with van der Waals surface area (Å²) in [6.45, 7) is 2.68. The van der Waals surface area contributed by atoms with Crippen molar-refractivity contribution in [2.45, 2.75) is 18.6 Å². The van der Waals surface area contributed by atoms with Gasteiger partial charge in [-0.15, -0.1) is 0 Å². The zero-order chi connectivity index (χ0) is 21.9. The lowest BCUT2D eigenvalue weighted by atomic mass is 9.99. The molecule has 0 spiro atoms. The van der Waals surface area contributed by atoms with Crippen LogP contribution in [0, 0.1) is 0 Å². The summed E-state index contributed by atoms with van der Waals surface area (Å²) in [7, 11) is 0. The highest BCUT2D eigenvalue weighted by atomic mass is 32.2. The molecule has 1 N–H and O–H groups in total. The molecule has 0 amide bonds. The first-order valence-corrected chi connectivity index (χ1v) is 11.7. The van der Waals surface area contributed by atoms with E-state index in [4.69, 9.17) is 4.98 Å². The molecule has 0 saturated carbocycles. The van der Waals surface area contributed by atoms with Crippen LogP contribution in [0.5, 0.6) is 0 Å². The van der Waals surface area contributed by atoms with Crippen LogP contribution in [-0.4, -0.2) is 20.3 Å². The van der Waals surface area contributed by atoms with Gasteiger partial charge in [-0.05, 0) is 22.4 Å². The van der Waals surface area contributed by atoms with Crippen molar-refractivity contribution in [1.29, 1.82) is 0 Å². The molecule has 5 rings (SSSR count). The third-order valence-electron chi connectivity index (χ3n) is 5.47. The maximum atomic E-state index is 13.4. The first-order valence-electron chi connectivity index (χ1n) is 10.7. The average Bonchev–Trinajstić information content (AvgIpc) is 3.15. The zero-order valence-electron chi connectivity index (χ0n) is 17.8. The fourth-order valence-electron chi connectivity index (χ4n) is 4.13. The number of thioether (sulfide) groups is 1. The second-order valence-electron chi connectivity index (χ2n) is 7.53. The first-order chi connectivity index (χ1) is 15.8. The normalized spacial score (nSPS) is 11.2. The molecule has 2 aromatic heterocycles. The molecule has 5 aromatic rings. The molecule has 5 heteroatoms. The standard InChI is InChI=1S/C27H23N3OS/c1-2-32-27-28-25-23(26(31)29-27)22(20-14-8-4-9-15-20)24(21-16-10-5-11-17-21)30(25)18-19-12-6-3-7-13-19/h3-17H,2,18H2,1H3,(H,28,29,31). The smallest absolute Gasteiger partial charge is 0.261 e. The van der Waals surface area contributed by atoms with Gasteiger partial charge in [0.2, 0.25) is 0 Å². The predicted octanol–water partition coefficient (Wildman–Crippen LogP) is 6.22. The van der Waals surface area contributed by atoms with Gasteiger partial charge in [-0.1, -0.05) is 110 Å². The number of aromatic amines is 1. The second kappa shape index (κ2) is 8.89. The highest BCUT2D eigenvalue weighted by Crippen LogP contribution is 2.39. The minimum atomic E-state index is -0.103. The molecule has 2 heterocycles. The van der Waals surface area contributed by atoms with Crippen LogP contribution in [0.4, 0.5) is 0 Å². The van der Waals surface area contributed by atoms with E-state index in [1.54, 1.807) is 11.8 Å². The molecule has 0 radical (unpaired) electrons. The van der Waals surface area contributed by atoms with Gasteiger partial charge < -0.3 is 9.55 Å². The largest absolute Gasteiger partial charge is 0.320 e. The molecule has 3 aromatic carbocycles. The molecule has 0 saturated heterocycles. The van der Waals surface area contributed by atoms with Gasteiger partial charge >= 0.3 is 0 Å². The van der Waals surface area contributed by atoms with Gasteiger partial charge in [-0.3, -0.25) is 4.79 Å². The summed E-state index contributed by atoms with van der Waals surface area (Å²) in [6.07, 6.45) is 0. The molecule has 0 atom stereocenters. The lowest BCUT2D eigenvalue weighted by Gasteiger charge is -2.13. The molecule has 158 valence electrons. The molecule has 32 heavy (non-hydrogen) atoms. The van der Waals surface area contributed by atoms with Crippen molar-refractivity contribution in [2.24, 2.45) is 0 Å². The van der Waals surface area contributed by atoms with Crippen LogP contribution in [0.3, 0.4) is 0 Å². The summed E-state index contributed by atoms with van der Waals surface area (Å²) in [5.74, 6) is 0.838. The van der Waals surface area contributed by atoms with Crippen LogP contribution in [0.1, 0.15) is 12.5 Å². The Hall–Kier alpha value is -3.57. The first kappa shape index (κ1) is 20.3. The molecule has 0 aliphatic carbocycles. The Morgan fingerprint density at radius 3 is 2.06 bits per heavy atom. The van der Waals surface area contributed by atoms with Gasteiger partial charge in [0.1, 0.15) is 5.65 Å². The number of hydrogen-bond donors (Lipinski definition) is 1. The second-order valence-corrected chi connectivity index (χ2v) is 8.78. The third-order valence-corrected chi connectivity index (χ3v) is 6.22. The van der Waals surface area contributed by atoms with Crippen molar-refractivity contribution < 1.29 is 0 Å². The van der Waals surface area contributed by atoms with E-state index in [9.17, 15) is 4.79 Å². The summed E-state index contributed by atoms with van der Waals surface area (Å²) >= 11 is 1.55. The summed E-state index contributed by atoms with van der Waals surface area (Å²) < 4.78 is 2.19. The van der Waals surface area contributed by atoms with Crippen LogP contribution >= 0.6 is 11.8 Å². The van der Waals surface area contributed by atoms with Gasteiger partial charge in [-0.25, -0.2) is 4.98 Å². The minimum Gasteiger partial charge on any atom is -0.320 e. The molecule has 0 bridgehead atoms. The van der Waals surface area contributed by atoms with Gasteiger partial charge in [0.05, 0.1) is 11.1 Å². The zero-order valence-corrected chi connectivity index (χ0v) is 18.6. The van der Waals surface area contributed by atoms with E-state index in [-0.39, 0.29) is 5.56 Å². The maximum absolute atomic E-state index is 13.4. The molecule has 0 unspecified atom stereocenters. The number of hydrogen-bond acceptors (Lipinski definition) is 3. The Morgan fingerprint density at radius 1 is 0.844 bits per heavy atom. The highest BCUT2D eigenvalue weighted by molar-refractivity contribution is 7.99. The Kier molecular flexibility index (Phi) is 5.65. The van der Waals surface area contributed by atoms with Crippen molar-refractivity contribution in [2.75, 3.05) is 5.75 Å². The van der Waals surface area contributed by atoms with Crippen LogP contribution in [0.15, 0.2) is 101 Å². The van der Waals surface area contributed by atoms with E-state index in [0.717, 1.165) is 33.7 Å². The Morgan fingerprint density at radius 2 is 1.44 bits per heavy atom. The molecule has 0 fully saturated rings. The SMILES string of the molecule is CCSc1nc2c(c(-c3ccccc3)c(-c3ccccc3)n2Cc2ccccc2)c(=O)[nH]1. The van der Waals surface area contributed by atoms with Gasteiger partial charge in [0, 0.05) is 12.1 Å². The van der Waals surface area contributed by atoms with E-state index in [2.05, 4.69) is 52.9 Å². The highest BCUT2D eigenvalue weighted by Gasteiger charge is 2.24. The topological polar surface area (TPSA) is 50.7 Å². The lowest BCUT2D eigenvalue weighted by molar-refractivity contribution is 0.817. The Balaban J connectivity index is 1.91. The van der Waals surface area contributed by atoms with Crippen LogP contribution in [0.25, 0.3) is 33.4 Å². The fourth-order valence-corrected chi connectivity index (χ4v) is 4.72. The number of nitrogens with one attached hydrogen (secondary N) is 1. The van der Waals surface area contributed by atoms with E-state index < -0.39 is 0 Å². The van der Waals surface area contributed by atoms with Crippen LogP contribution < -0.4 is 5.56 Å². The van der Waals surface area contributed by atoms with Crippen molar-refractivity contribution in [3.63, 3.8) is 0 Å². The maximum Gasteiger partial charge on any atom is 0.261 e. The van der Waals surface area contributed by atoms with Gasteiger partial charge in [0.15, 0.2) is 5.16 Å². The summed E-state index contributed by atoms with van der Waals surface area (Å²) in [5.41, 5.74) is 5.76. The summed E-state index contributed by atoms with van der Waals surface area (Å²) in [4.78, 5) is 21.3. The number of H-pyrrole nitrogens is 1. The Labute approximate surface area is 191 Å². The van der Waals surface area contributed by atoms with Crippen LogP contribution in [-0.2, 0) is 6.54 Å². The number of fused-ring (bicyclic) bond motifs is 1. The fraction of sp³-hybridized carbons (Fsp3) is 0.111. The Bertz CT molecular complexity index is 1410. The number of nitrogens with zero attached hydrogens (tertiary/aromatic N) is 2. The van der Waals surface area contributed by atoms with E-state index in [1.807, 2.05) is 54.6 Å². The van der Waals surface area contributed by atoms with Crippen molar-refractivity contribution in [1.82, 2.24) is 14.5 Å². The molecule has 0 aliphatic heterocycles. The van der Waals surface area contributed by atoms with Crippen LogP contribution in [0.2, 0.25) is 0 Å². The minimum absolute atomic E-state index is 0.103. The monoisotopic (exact) mass is 437 g/mol. The number of aromatic nitrogens is 3. The summed E-state index contributed by atoms with van der Waals surface area (Å²) in [5, 5.41) is 1.28. The molecule has 0 aliphatic rings. The number of rotatable bonds is 6. The quantitative estimate of drug-likeness (QED) is 0.253. The number of benzene rings is 3. The third kappa shape index (κ3) is 3.76. The molecular weight excluding hydrogens is 414 g/mol. The van der Waals surface area contributed by atoms with Crippen molar-refractivity contribution in [3.8, 4) is 22.4 Å². The molecule has 4 nitrogen and oxygen atoms in total. The summed E-state index contributed by atoms with van der Waals surface area (Å²) in [6, 6.07) is 30.7. The predicted molar refractivity (Wildman–Crippen MR) is 133 cm³/mol. The lowest BCUT2D eigenvalue weighted by Crippen LogP contribution is -2.11. The van der Waals surface area contributed by atoms with E-state index in [0.29, 0.717) is 22.7 Å². The van der Waals surface area contributed by atoms with E-state index in [1.165, 1.54) is 0 Å². The van der Waals surface area contributed by atoms with Gasteiger partial charge in [0.25, 0.3) is 5.56 Å². The van der Waals surface area contributed by atoms with Gasteiger partial charge in [-0.2, -0.15) is 0 Å². The molecular formula is C27H23N3OS. The van der Waals surface area contributed by atoms with Crippen molar-refractivity contribution >= 4 is 22.8 Å². The van der Waals surface area contributed by atoms with Crippen molar-refractivity contribution in [3.05, 3.63) is 107 Å².